The monoisotopic (exact) mass is 863 g/mol. The molecule has 0 fully saturated rings. The summed E-state index contributed by atoms with van der Waals surface area (Å²) in [6.07, 6.45) is 0. The van der Waals surface area contributed by atoms with Gasteiger partial charge in [-0.1, -0.05) is 243 Å². The predicted molar refractivity (Wildman–Crippen MR) is 287 cm³/mol. The average Bonchev–Trinajstić information content (AvgIpc) is 3.71. The van der Waals surface area contributed by atoms with E-state index in [1.165, 1.54) is 93.5 Å². The Morgan fingerprint density at radius 2 is 0.721 bits per heavy atom. The van der Waals surface area contributed by atoms with Gasteiger partial charge in [0.15, 0.2) is 0 Å². The van der Waals surface area contributed by atoms with Gasteiger partial charge in [-0.2, -0.15) is 0 Å². The normalized spacial score (nSPS) is 12.5. The van der Waals surface area contributed by atoms with E-state index in [0.717, 1.165) is 22.6 Å². The van der Waals surface area contributed by atoms with Crippen molar-refractivity contribution in [3.8, 4) is 44.5 Å². The van der Waals surface area contributed by atoms with Gasteiger partial charge in [0.05, 0.1) is 11.1 Å². The molecule has 0 heterocycles. The molecule has 0 aliphatic heterocycles. The Kier molecular flexibility index (Phi) is 9.47. The van der Waals surface area contributed by atoms with E-state index in [9.17, 15) is 0 Å². The van der Waals surface area contributed by atoms with Crippen LogP contribution in [0.2, 0.25) is 0 Å². The molecule has 0 aromatic heterocycles. The van der Waals surface area contributed by atoms with E-state index in [1.54, 1.807) is 0 Å². The summed E-state index contributed by atoms with van der Waals surface area (Å²) in [6, 6.07) is 101. The van der Waals surface area contributed by atoms with Gasteiger partial charge in [-0.05, 0) is 118 Å². The fourth-order valence-electron chi connectivity index (χ4n) is 11.4. The van der Waals surface area contributed by atoms with Crippen molar-refractivity contribution >= 4 is 49.4 Å². The smallest absolute Gasteiger partial charge is 0.0714 e. The molecule has 1 aliphatic carbocycles. The molecule has 1 heteroatoms. The Balaban J connectivity index is 1.17. The van der Waals surface area contributed by atoms with Crippen LogP contribution in [-0.4, -0.2) is 0 Å². The van der Waals surface area contributed by atoms with Crippen LogP contribution < -0.4 is 4.90 Å². The maximum Gasteiger partial charge on any atom is 0.0714 e. The zero-order valence-electron chi connectivity index (χ0n) is 37.4. The summed E-state index contributed by atoms with van der Waals surface area (Å²) in [5, 5.41) is 7.29. The van der Waals surface area contributed by atoms with Gasteiger partial charge in [0, 0.05) is 22.3 Å². The Morgan fingerprint density at radius 3 is 1.38 bits per heavy atom. The molecule has 0 saturated heterocycles. The first-order chi connectivity index (χ1) is 33.8. The molecule has 0 amide bonds. The Hall–Kier alpha value is -8.78. The van der Waals surface area contributed by atoms with E-state index in [1.807, 2.05) is 0 Å². The lowest BCUT2D eigenvalue weighted by Crippen LogP contribution is -2.29. The second kappa shape index (κ2) is 16.3. The van der Waals surface area contributed by atoms with Gasteiger partial charge < -0.3 is 4.90 Å². The minimum Gasteiger partial charge on any atom is -0.309 e. The number of hydrogen-bond acceptors (Lipinski definition) is 1. The molecule has 13 rings (SSSR count). The van der Waals surface area contributed by atoms with Crippen molar-refractivity contribution in [3.63, 3.8) is 0 Å². The van der Waals surface area contributed by atoms with Gasteiger partial charge in [-0.15, -0.1) is 0 Å². The first kappa shape index (κ1) is 39.6. The average molecular weight is 864 g/mol. The van der Waals surface area contributed by atoms with E-state index in [4.69, 9.17) is 0 Å². The van der Waals surface area contributed by atoms with Crippen LogP contribution in [0, 0.1) is 0 Å². The van der Waals surface area contributed by atoms with Crippen molar-refractivity contribution in [1.29, 1.82) is 0 Å². The highest BCUT2D eigenvalue weighted by Gasteiger charge is 2.47. The summed E-state index contributed by atoms with van der Waals surface area (Å²) in [5.41, 5.74) is 17.4. The third-order valence-corrected chi connectivity index (χ3v) is 14.3. The van der Waals surface area contributed by atoms with E-state index in [-0.39, 0.29) is 0 Å². The van der Waals surface area contributed by atoms with Gasteiger partial charge >= 0.3 is 0 Å². The standard InChI is InChI=1S/C67H45N/c1-5-21-46(22-6-1)49-27-19-32-53(43-49)68(66-62-37-18-16-35-57(62)56-34-15-17-36-61(56)65(66)60-38-20-26-48-25-13-14-33-55(48)60)54-40-42-59-58-41-39-50(47-23-7-2-8-24-47)44-63(58)67(64(59)45-54,51-28-9-3-10-29-51)52-30-11-4-12-31-52/h1-45H. The van der Waals surface area contributed by atoms with Crippen molar-refractivity contribution in [3.05, 3.63) is 295 Å². The molecule has 0 atom stereocenters. The number of benzene rings is 12. The van der Waals surface area contributed by atoms with Crippen LogP contribution >= 0.6 is 0 Å². The fraction of sp³-hybridized carbons (Fsp3) is 0.0149. The van der Waals surface area contributed by atoms with Crippen molar-refractivity contribution in [1.82, 2.24) is 0 Å². The van der Waals surface area contributed by atoms with Crippen molar-refractivity contribution in [2.75, 3.05) is 4.90 Å². The third-order valence-electron chi connectivity index (χ3n) is 14.3. The van der Waals surface area contributed by atoms with Crippen LogP contribution in [0.25, 0.3) is 76.8 Å². The van der Waals surface area contributed by atoms with Crippen LogP contribution in [0.15, 0.2) is 273 Å². The molecule has 0 N–H and O–H groups in total. The summed E-state index contributed by atoms with van der Waals surface area (Å²) in [4.78, 5) is 2.57. The molecule has 0 radical (unpaired) electrons. The first-order valence-electron chi connectivity index (χ1n) is 23.6. The van der Waals surface area contributed by atoms with Crippen LogP contribution in [-0.2, 0) is 5.41 Å². The zero-order chi connectivity index (χ0) is 45.0. The molecule has 0 unspecified atom stereocenters. The van der Waals surface area contributed by atoms with E-state index in [2.05, 4.69) is 278 Å². The Labute approximate surface area is 397 Å². The summed E-state index contributed by atoms with van der Waals surface area (Å²) in [6.45, 7) is 0. The molecule has 0 bridgehead atoms. The molecule has 68 heavy (non-hydrogen) atoms. The number of fused-ring (bicyclic) bond motifs is 7. The molecule has 12 aromatic carbocycles. The van der Waals surface area contributed by atoms with Gasteiger partial charge in [0.2, 0.25) is 0 Å². The van der Waals surface area contributed by atoms with Crippen molar-refractivity contribution < 1.29 is 0 Å². The van der Waals surface area contributed by atoms with Crippen molar-refractivity contribution in [2.45, 2.75) is 5.41 Å². The minimum absolute atomic E-state index is 0.630. The third kappa shape index (κ3) is 6.24. The molecule has 318 valence electrons. The van der Waals surface area contributed by atoms with Crippen LogP contribution in [0.5, 0.6) is 0 Å². The van der Waals surface area contributed by atoms with Gasteiger partial charge in [0.1, 0.15) is 0 Å². The molecular formula is C67H45N. The Morgan fingerprint density at radius 1 is 0.265 bits per heavy atom. The van der Waals surface area contributed by atoms with E-state index < -0.39 is 5.41 Å². The van der Waals surface area contributed by atoms with Gasteiger partial charge in [0.25, 0.3) is 0 Å². The molecular weight excluding hydrogens is 819 g/mol. The van der Waals surface area contributed by atoms with E-state index in [0.29, 0.717) is 0 Å². The second-order valence-electron chi connectivity index (χ2n) is 17.9. The van der Waals surface area contributed by atoms with Gasteiger partial charge in [-0.3, -0.25) is 0 Å². The summed E-state index contributed by atoms with van der Waals surface area (Å²) in [7, 11) is 0. The highest BCUT2D eigenvalue weighted by atomic mass is 15.1. The van der Waals surface area contributed by atoms with E-state index >= 15 is 0 Å². The summed E-state index contributed by atoms with van der Waals surface area (Å²) in [5.74, 6) is 0. The number of nitrogens with zero attached hydrogens (tertiary/aromatic N) is 1. The van der Waals surface area contributed by atoms with Crippen molar-refractivity contribution in [2.24, 2.45) is 0 Å². The molecule has 12 aromatic rings. The lowest BCUT2D eigenvalue weighted by molar-refractivity contribution is 0.768. The largest absolute Gasteiger partial charge is 0.309 e. The van der Waals surface area contributed by atoms with Crippen LogP contribution in [0.4, 0.5) is 17.1 Å². The van der Waals surface area contributed by atoms with Crippen LogP contribution in [0.3, 0.4) is 0 Å². The topological polar surface area (TPSA) is 3.24 Å². The lowest BCUT2D eigenvalue weighted by Gasteiger charge is -2.36. The number of rotatable bonds is 8. The predicted octanol–water partition coefficient (Wildman–Crippen LogP) is 18.0. The highest BCUT2D eigenvalue weighted by Crippen LogP contribution is 2.59. The lowest BCUT2D eigenvalue weighted by atomic mass is 9.67. The number of hydrogen-bond donors (Lipinski definition) is 0. The summed E-state index contributed by atoms with van der Waals surface area (Å²) < 4.78 is 0. The molecule has 0 spiro atoms. The second-order valence-corrected chi connectivity index (χ2v) is 17.9. The number of anilines is 3. The molecule has 1 nitrogen and oxygen atoms in total. The van der Waals surface area contributed by atoms with Gasteiger partial charge in [-0.25, -0.2) is 0 Å². The molecule has 1 aliphatic rings. The first-order valence-corrected chi connectivity index (χ1v) is 23.6. The highest BCUT2D eigenvalue weighted by molar-refractivity contribution is 6.24. The van der Waals surface area contributed by atoms with Crippen LogP contribution in [0.1, 0.15) is 22.3 Å². The minimum atomic E-state index is -0.630. The fourth-order valence-corrected chi connectivity index (χ4v) is 11.4. The maximum atomic E-state index is 2.57. The summed E-state index contributed by atoms with van der Waals surface area (Å²) >= 11 is 0. The molecule has 0 saturated carbocycles. The quantitative estimate of drug-likeness (QED) is 0.138. The SMILES string of the molecule is c1ccc(-c2cccc(N(c3ccc4c(c3)C(c3ccccc3)(c3ccccc3)c3cc(-c5ccccc5)ccc3-4)c3c(-c4cccc5ccccc45)c4ccccc4c4ccccc34)c2)cc1. The maximum absolute atomic E-state index is 2.57. The Bertz CT molecular complexity index is 3790. The zero-order valence-corrected chi connectivity index (χ0v) is 37.4.